The van der Waals surface area contributed by atoms with E-state index in [1.807, 2.05) is 30.3 Å². The lowest BCUT2D eigenvalue weighted by atomic mass is 10.3. The first-order valence-corrected chi connectivity index (χ1v) is 7.19. The molecule has 0 aliphatic carbocycles. The summed E-state index contributed by atoms with van der Waals surface area (Å²) in [4.78, 5) is 4.29. The molecule has 0 radical (unpaired) electrons. The molecule has 0 saturated heterocycles. The Morgan fingerprint density at radius 2 is 2.12 bits per heavy atom. The fraction of sp³-hybridized carbons (Fsp3) is 0.0833. The van der Waals surface area contributed by atoms with Gasteiger partial charge in [-0.15, -0.1) is 0 Å². The molecule has 88 valence electrons. The first-order valence-electron chi connectivity index (χ1n) is 4.94. The van der Waals surface area contributed by atoms with Crippen molar-refractivity contribution in [2.45, 2.75) is 6.54 Å². The second-order valence-electron chi connectivity index (χ2n) is 3.45. The highest BCUT2D eigenvalue weighted by Gasteiger charge is 2.01. The Bertz CT molecular complexity index is 516. The molecule has 0 saturated carbocycles. The maximum absolute atomic E-state index is 6.09. The molecule has 2 aromatic rings. The predicted octanol–water partition coefficient (Wildman–Crippen LogP) is 4.71. The molecule has 2 nitrogen and oxygen atoms in total. The molecule has 0 fully saturated rings. The minimum atomic E-state index is 0.660. The predicted molar refractivity (Wildman–Crippen MR) is 83.4 cm³/mol. The summed E-state index contributed by atoms with van der Waals surface area (Å²) in [6.07, 6.45) is 1.79. The Morgan fingerprint density at radius 1 is 1.29 bits per heavy atom. The SMILES string of the molecule is Clc1ccc(I)cc1NCc1ccc(Br)cn1. The zero-order chi connectivity index (χ0) is 12.3. The van der Waals surface area contributed by atoms with Crippen molar-refractivity contribution in [2.75, 3.05) is 5.32 Å². The lowest BCUT2D eigenvalue weighted by molar-refractivity contribution is 1.04. The van der Waals surface area contributed by atoms with Gasteiger partial charge < -0.3 is 5.32 Å². The van der Waals surface area contributed by atoms with Crippen LogP contribution in [0.1, 0.15) is 5.69 Å². The normalized spacial score (nSPS) is 10.3. The number of hydrogen-bond donors (Lipinski definition) is 1. The van der Waals surface area contributed by atoms with Gasteiger partial charge in [-0.25, -0.2) is 0 Å². The van der Waals surface area contributed by atoms with Gasteiger partial charge in [-0.1, -0.05) is 11.6 Å². The third kappa shape index (κ3) is 3.82. The Morgan fingerprint density at radius 3 is 2.82 bits per heavy atom. The molecule has 0 atom stereocenters. The van der Waals surface area contributed by atoms with E-state index in [9.17, 15) is 0 Å². The number of benzene rings is 1. The van der Waals surface area contributed by atoms with Crippen LogP contribution in [-0.2, 0) is 6.54 Å². The highest BCUT2D eigenvalue weighted by atomic mass is 127. The molecular weight excluding hydrogens is 414 g/mol. The number of nitrogens with one attached hydrogen (secondary N) is 1. The molecule has 0 aliphatic heterocycles. The summed E-state index contributed by atoms with van der Waals surface area (Å²) >= 11 is 11.7. The molecule has 0 aliphatic rings. The number of anilines is 1. The molecular formula is C12H9BrClIN2. The van der Waals surface area contributed by atoms with Crippen molar-refractivity contribution in [1.82, 2.24) is 4.98 Å². The van der Waals surface area contributed by atoms with Crippen molar-refractivity contribution in [2.24, 2.45) is 0 Å². The van der Waals surface area contributed by atoms with Crippen molar-refractivity contribution in [3.8, 4) is 0 Å². The van der Waals surface area contributed by atoms with E-state index in [0.717, 1.165) is 24.4 Å². The maximum Gasteiger partial charge on any atom is 0.0638 e. The van der Waals surface area contributed by atoms with Crippen molar-refractivity contribution >= 4 is 55.8 Å². The molecule has 0 spiro atoms. The number of rotatable bonds is 3. The smallest absolute Gasteiger partial charge is 0.0638 e. The summed E-state index contributed by atoms with van der Waals surface area (Å²) in [7, 11) is 0. The van der Waals surface area contributed by atoms with Crippen LogP contribution in [0.4, 0.5) is 5.69 Å². The first-order chi connectivity index (χ1) is 8.15. The molecule has 0 amide bonds. The van der Waals surface area contributed by atoms with Crippen LogP contribution in [0.2, 0.25) is 5.02 Å². The average molecular weight is 423 g/mol. The number of aromatic nitrogens is 1. The molecule has 1 aromatic carbocycles. The van der Waals surface area contributed by atoms with Crippen molar-refractivity contribution in [3.63, 3.8) is 0 Å². The summed E-state index contributed by atoms with van der Waals surface area (Å²) in [5.74, 6) is 0. The van der Waals surface area contributed by atoms with Crippen LogP contribution in [0.25, 0.3) is 0 Å². The monoisotopic (exact) mass is 422 g/mol. The van der Waals surface area contributed by atoms with Crippen LogP contribution in [0.15, 0.2) is 41.0 Å². The lowest BCUT2D eigenvalue weighted by Crippen LogP contribution is -2.02. The van der Waals surface area contributed by atoms with Gasteiger partial charge >= 0.3 is 0 Å². The van der Waals surface area contributed by atoms with E-state index in [0.29, 0.717) is 6.54 Å². The van der Waals surface area contributed by atoms with Gasteiger partial charge in [0.15, 0.2) is 0 Å². The Hall–Kier alpha value is -0.330. The average Bonchev–Trinajstić information content (AvgIpc) is 2.32. The molecule has 1 heterocycles. The number of hydrogen-bond acceptors (Lipinski definition) is 2. The zero-order valence-electron chi connectivity index (χ0n) is 8.75. The van der Waals surface area contributed by atoms with Crippen LogP contribution in [-0.4, -0.2) is 4.98 Å². The van der Waals surface area contributed by atoms with Gasteiger partial charge in [-0.05, 0) is 68.9 Å². The van der Waals surface area contributed by atoms with E-state index in [-0.39, 0.29) is 0 Å². The van der Waals surface area contributed by atoms with E-state index in [2.05, 4.69) is 48.8 Å². The Labute approximate surface area is 127 Å². The Kier molecular flexibility index (Phi) is 4.64. The van der Waals surface area contributed by atoms with E-state index in [4.69, 9.17) is 11.6 Å². The molecule has 1 aromatic heterocycles. The molecule has 0 bridgehead atoms. The summed E-state index contributed by atoms with van der Waals surface area (Å²) in [5.41, 5.74) is 1.91. The second-order valence-corrected chi connectivity index (χ2v) is 6.01. The van der Waals surface area contributed by atoms with Crippen LogP contribution < -0.4 is 5.32 Å². The van der Waals surface area contributed by atoms with Crippen LogP contribution in [0, 0.1) is 3.57 Å². The van der Waals surface area contributed by atoms with Crippen LogP contribution in [0.3, 0.4) is 0 Å². The minimum absolute atomic E-state index is 0.660. The second kappa shape index (κ2) is 6.02. The highest BCUT2D eigenvalue weighted by Crippen LogP contribution is 2.24. The maximum atomic E-state index is 6.09. The van der Waals surface area contributed by atoms with E-state index < -0.39 is 0 Å². The fourth-order valence-electron chi connectivity index (χ4n) is 1.33. The molecule has 5 heteroatoms. The highest BCUT2D eigenvalue weighted by molar-refractivity contribution is 14.1. The standard InChI is InChI=1S/C12H9BrClIN2/c13-8-1-3-10(16-6-8)7-17-12-5-9(15)2-4-11(12)14/h1-6,17H,7H2. The van der Waals surface area contributed by atoms with Crippen molar-refractivity contribution in [3.05, 3.63) is 55.3 Å². The van der Waals surface area contributed by atoms with E-state index in [1.54, 1.807) is 6.20 Å². The Balaban J connectivity index is 2.07. The fourth-order valence-corrected chi connectivity index (χ4v) is 2.24. The summed E-state index contributed by atoms with van der Waals surface area (Å²) in [6.45, 7) is 0.660. The summed E-state index contributed by atoms with van der Waals surface area (Å²) in [5, 5.41) is 4.00. The quantitative estimate of drug-likeness (QED) is 0.723. The van der Waals surface area contributed by atoms with Crippen LogP contribution in [0.5, 0.6) is 0 Å². The topological polar surface area (TPSA) is 24.9 Å². The van der Waals surface area contributed by atoms with Gasteiger partial charge in [0.25, 0.3) is 0 Å². The van der Waals surface area contributed by atoms with Gasteiger partial charge in [-0.3, -0.25) is 4.98 Å². The number of pyridine rings is 1. The summed E-state index contributed by atoms with van der Waals surface area (Å²) < 4.78 is 2.13. The van der Waals surface area contributed by atoms with Crippen molar-refractivity contribution < 1.29 is 0 Å². The number of nitrogens with zero attached hydrogens (tertiary/aromatic N) is 1. The zero-order valence-corrected chi connectivity index (χ0v) is 13.3. The van der Waals surface area contributed by atoms with Crippen molar-refractivity contribution in [1.29, 1.82) is 0 Å². The molecule has 0 unspecified atom stereocenters. The largest absolute Gasteiger partial charge is 0.378 e. The summed E-state index contributed by atoms with van der Waals surface area (Å²) in [6, 6.07) is 9.83. The molecule has 17 heavy (non-hydrogen) atoms. The molecule has 1 N–H and O–H groups in total. The van der Waals surface area contributed by atoms with Gasteiger partial charge in [0, 0.05) is 14.2 Å². The third-order valence-electron chi connectivity index (χ3n) is 2.18. The minimum Gasteiger partial charge on any atom is -0.378 e. The number of halogens is 3. The lowest BCUT2D eigenvalue weighted by Gasteiger charge is -2.08. The third-order valence-corrected chi connectivity index (χ3v) is 3.65. The molecule has 2 rings (SSSR count). The first kappa shape index (κ1) is 13.1. The van der Waals surface area contributed by atoms with Gasteiger partial charge in [0.05, 0.1) is 22.9 Å². The van der Waals surface area contributed by atoms with Gasteiger partial charge in [0.2, 0.25) is 0 Å². The van der Waals surface area contributed by atoms with Gasteiger partial charge in [0.1, 0.15) is 0 Å². The van der Waals surface area contributed by atoms with Crippen LogP contribution >= 0.6 is 50.1 Å². The van der Waals surface area contributed by atoms with E-state index in [1.165, 1.54) is 0 Å². The van der Waals surface area contributed by atoms with E-state index >= 15 is 0 Å². The van der Waals surface area contributed by atoms with Gasteiger partial charge in [-0.2, -0.15) is 0 Å².